The molecule has 0 aromatic carbocycles. The number of hydrogen-bond acceptors (Lipinski definition) is 7. The van der Waals surface area contributed by atoms with Crippen molar-refractivity contribution in [2.24, 2.45) is 5.92 Å². The molecule has 2 aromatic rings. The number of nitrogens with one attached hydrogen (secondary N) is 2. The quantitative estimate of drug-likeness (QED) is 0.830. The van der Waals surface area contributed by atoms with E-state index < -0.39 is 0 Å². The van der Waals surface area contributed by atoms with Gasteiger partial charge in [0, 0.05) is 17.5 Å². The summed E-state index contributed by atoms with van der Waals surface area (Å²) in [6.45, 7) is 7.28. The maximum atomic E-state index is 12.4. The number of carbonyl (C=O) groups excluding carboxylic acids is 2. The zero-order valence-electron chi connectivity index (χ0n) is 15.2. The summed E-state index contributed by atoms with van der Waals surface area (Å²) < 4.78 is 4.96. The van der Waals surface area contributed by atoms with Crippen molar-refractivity contribution >= 4 is 34.1 Å². The molecule has 0 radical (unpaired) electrons. The lowest BCUT2D eigenvalue weighted by Crippen LogP contribution is -2.44. The van der Waals surface area contributed by atoms with Crippen molar-refractivity contribution in [1.82, 2.24) is 15.0 Å². The monoisotopic (exact) mass is 377 g/mol. The van der Waals surface area contributed by atoms with Gasteiger partial charge in [-0.25, -0.2) is 4.98 Å². The van der Waals surface area contributed by atoms with E-state index in [1.165, 1.54) is 11.3 Å². The molecule has 1 aliphatic rings. The Morgan fingerprint density at radius 2 is 2.15 bits per heavy atom. The smallest absolute Gasteiger partial charge is 0.240 e. The molecule has 1 aliphatic heterocycles. The third-order valence-electron chi connectivity index (χ3n) is 4.40. The first-order valence-corrected chi connectivity index (χ1v) is 9.43. The van der Waals surface area contributed by atoms with Crippen LogP contribution in [0, 0.1) is 26.7 Å². The minimum atomic E-state index is -0.169. The van der Waals surface area contributed by atoms with Crippen molar-refractivity contribution < 1.29 is 14.1 Å². The van der Waals surface area contributed by atoms with Crippen LogP contribution >= 0.6 is 11.3 Å². The third-order valence-corrected chi connectivity index (χ3v) is 5.39. The van der Waals surface area contributed by atoms with Crippen molar-refractivity contribution in [1.29, 1.82) is 0 Å². The number of likely N-dealkylation sites (tertiary alicyclic amines) is 1. The normalized spacial score (nSPS) is 17.9. The minimum absolute atomic E-state index is 0.0884. The molecule has 0 spiro atoms. The van der Waals surface area contributed by atoms with Crippen molar-refractivity contribution in [3.8, 4) is 0 Å². The number of rotatable bonds is 5. The zero-order valence-corrected chi connectivity index (χ0v) is 16.0. The molecule has 8 nitrogen and oxygen atoms in total. The number of nitrogens with zero attached hydrogens (tertiary/aromatic N) is 3. The van der Waals surface area contributed by atoms with Gasteiger partial charge in [-0.15, -0.1) is 11.3 Å². The van der Waals surface area contributed by atoms with Crippen molar-refractivity contribution in [2.75, 3.05) is 30.3 Å². The van der Waals surface area contributed by atoms with Crippen LogP contribution in [-0.4, -0.2) is 46.5 Å². The SMILES string of the molecule is Cc1cc(NC(=O)C2CCCN(CC(=O)Nc3nc(C)c(C)s3)C2)no1. The first kappa shape index (κ1) is 18.5. The Morgan fingerprint density at radius 1 is 1.35 bits per heavy atom. The van der Waals surface area contributed by atoms with Gasteiger partial charge in [-0.2, -0.15) is 0 Å². The molecule has 0 bridgehead atoms. The first-order chi connectivity index (χ1) is 12.4. The maximum Gasteiger partial charge on any atom is 0.240 e. The molecule has 2 aromatic heterocycles. The molecule has 26 heavy (non-hydrogen) atoms. The van der Waals surface area contributed by atoms with Crippen molar-refractivity contribution in [3.05, 3.63) is 22.4 Å². The highest BCUT2D eigenvalue weighted by atomic mass is 32.1. The average Bonchev–Trinajstić information content (AvgIpc) is 3.12. The van der Waals surface area contributed by atoms with Gasteiger partial charge < -0.3 is 15.2 Å². The predicted molar refractivity (Wildman–Crippen MR) is 99.3 cm³/mol. The summed E-state index contributed by atoms with van der Waals surface area (Å²) in [6.07, 6.45) is 1.67. The molecule has 0 aliphatic carbocycles. The number of aryl methyl sites for hydroxylation is 3. The summed E-state index contributed by atoms with van der Waals surface area (Å²) in [4.78, 5) is 32.1. The van der Waals surface area contributed by atoms with Crippen LogP contribution in [0.1, 0.15) is 29.2 Å². The number of piperidine rings is 1. The highest BCUT2D eigenvalue weighted by Gasteiger charge is 2.27. The lowest BCUT2D eigenvalue weighted by atomic mass is 9.97. The van der Waals surface area contributed by atoms with Crippen LogP contribution < -0.4 is 10.6 Å². The van der Waals surface area contributed by atoms with Gasteiger partial charge in [0.1, 0.15) is 5.76 Å². The Hall–Kier alpha value is -2.26. The lowest BCUT2D eigenvalue weighted by molar-refractivity contribution is -0.123. The van der Waals surface area contributed by atoms with Crippen LogP contribution in [0.3, 0.4) is 0 Å². The van der Waals surface area contributed by atoms with Crippen molar-refractivity contribution in [3.63, 3.8) is 0 Å². The summed E-state index contributed by atoms with van der Waals surface area (Å²) in [5.41, 5.74) is 0.933. The molecule has 3 rings (SSSR count). The molecule has 9 heteroatoms. The van der Waals surface area contributed by atoms with Crippen LogP contribution in [0.2, 0.25) is 0 Å². The molecule has 1 unspecified atom stereocenters. The van der Waals surface area contributed by atoms with E-state index in [1.807, 2.05) is 18.7 Å². The van der Waals surface area contributed by atoms with E-state index in [2.05, 4.69) is 20.8 Å². The van der Waals surface area contributed by atoms with Gasteiger partial charge >= 0.3 is 0 Å². The van der Waals surface area contributed by atoms with E-state index in [-0.39, 0.29) is 24.3 Å². The summed E-state index contributed by atoms with van der Waals surface area (Å²) >= 11 is 1.47. The van der Waals surface area contributed by atoms with Gasteiger partial charge in [0.25, 0.3) is 0 Å². The van der Waals surface area contributed by atoms with Crippen LogP contribution in [0.5, 0.6) is 0 Å². The van der Waals surface area contributed by atoms with E-state index in [0.717, 1.165) is 30.0 Å². The largest absolute Gasteiger partial charge is 0.360 e. The second-order valence-electron chi connectivity index (χ2n) is 6.60. The fraction of sp³-hybridized carbons (Fsp3) is 0.529. The fourth-order valence-electron chi connectivity index (χ4n) is 2.95. The number of hydrogen-bond donors (Lipinski definition) is 2. The summed E-state index contributed by atoms with van der Waals surface area (Å²) in [5, 5.41) is 10.0. The Balaban J connectivity index is 1.51. The predicted octanol–water partition coefficient (Wildman–Crippen LogP) is 2.35. The molecule has 1 atom stereocenters. The highest BCUT2D eigenvalue weighted by molar-refractivity contribution is 7.15. The Kier molecular flexibility index (Phi) is 5.67. The van der Waals surface area contributed by atoms with Gasteiger partial charge in [0.15, 0.2) is 10.9 Å². The maximum absolute atomic E-state index is 12.4. The summed E-state index contributed by atoms with van der Waals surface area (Å²) in [5.74, 6) is 0.714. The molecule has 2 amide bonds. The summed E-state index contributed by atoms with van der Waals surface area (Å²) in [7, 11) is 0. The standard InChI is InChI=1S/C17H23N5O3S/c1-10-7-14(21-25-10)19-16(24)13-5-4-6-22(8-13)9-15(23)20-17-18-11(2)12(3)26-17/h7,13H,4-6,8-9H2,1-3H3,(H,18,20,23)(H,19,21,24). The Morgan fingerprint density at radius 3 is 2.81 bits per heavy atom. The van der Waals surface area contributed by atoms with E-state index in [4.69, 9.17) is 4.52 Å². The van der Waals surface area contributed by atoms with E-state index in [9.17, 15) is 9.59 Å². The van der Waals surface area contributed by atoms with Gasteiger partial charge in [0.05, 0.1) is 18.2 Å². The van der Waals surface area contributed by atoms with Gasteiger partial charge in [-0.1, -0.05) is 5.16 Å². The Labute approximate surface area is 156 Å². The third kappa shape index (κ3) is 4.67. The molecule has 1 fully saturated rings. The molecular formula is C17H23N5O3S. The second-order valence-corrected chi connectivity index (χ2v) is 7.80. The molecule has 0 saturated carbocycles. The molecule has 1 saturated heterocycles. The second kappa shape index (κ2) is 7.96. The fourth-order valence-corrected chi connectivity index (χ4v) is 3.79. The van der Waals surface area contributed by atoms with E-state index in [0.29, 0.717) is 23.3 Å². The van der Waals surface area contributed by atoms with E-state index in [1.54, 1.807) is 13.0 Å². The minimum Gasteiger partial charge on any atom is -0.360 e. The Bertz CT molecular complexity index is 781. The number of carbonyl (C=O) groups is 2. The van der Waals surface area contributed by atoms with Crippen LogP contribution in [0.15, 0.2) is 10.6 Å². The molecule has 140 valence electrons. The van der Waals surface area contributed by atoms with Crippen LogP contribution in [-0.2, 0) is 9.59 Å². The lowest BCUT2D eigenvalue weighted by Gasteiger charge is -2.31. The van der Waals surface area contributed by atoms with Gasteiger partial charge in [-0.3, -0.25) is 14.5 Å². The van der Waals surface area contributed by atoms with Crippen molar-refractivity contribution in [2.45, 2.75) is 33.6 Å². The van der Waals surface area contributed by atoms with E-state index >= 15 is 0 Å². The molecule has 3 heterocycles. The molecular weight excluding hydrogens is 354 g/mol. The van der Waals surface area contributed by atoms with Gasteiger partial charge in [0.2, 0.25) is 11.8 Å². The average molecular weight is 377 g/mol. The number of amides is 2. The zero-order chi connectivity index (χ0) is 18.7. The first-order valence-electron chi connectivity index (χ1n) is 8.61. The van der Waals surface area contributed by atoms with Crippen LogP contribution in [0.4, 0.5) is 10.9 Å². The number of anilines is 2. The highest BCUT2D eigenvalue weighted by Crippen LogP contribution is 2.22. The number of aromatic nitrogens is 2. The summed E-state index contributed by atoms with van der Waals surface area (Å²) in [6, 6.07) is 1.68. The van der Waals surface area contributed by atoms with Crippen LogP contribution in [0.25, 0.3) is 0 Å². The van der Waals surface area contributed by atoms with Gasteiger partial charge in [-0.05, 0) is 40.2 Å². The number of thiazole rings is 1. The topological polar surface area (TPSA) is 100 Å². The molecule has 2 N–H and O–H groups in total.